The van der Waals surface area contributed by atoms with Crippen LogP contribution in [0.25, 0.3) is 0 Å². The molecule has 21 heavy (non-hydrogen) atoms. The van der Waals surface area contributed by atoms with Gasteiger partial charge in [0, 0.05) is 13.1 Å². The summed E-state index contributed by atoms with van der Waals surface area (Å²) in [5.41, 5.74) is 0.843. The molecule has 0 aromatic heterocycles. The third-order valence-electron chi connectivity index (χ3n) is 4.61. The standard InChI is InChI=1S/C8H15N.C6H13N.2C2H6.H3P/c1-2-9-6-8(7-9)4-3-5-8;1-6-2-4-7-5-3-6;2*1-2;/h2-7H2,1H3;6-7H,2-5H2,1H3;2*1-2H3;1H3. The van der Waals surface area contributed by atoms with Crippen LogP contribution < -0.4 is 5.32 Å². The van der Waals surface area contributed by atoms with Crippen LogP contribution >= 0.6 is 9.90 Å². The van der Waals surface area contributed by atoms with Crippen LogP contribution in [0.2, 0.25) is 0 Å². The predicted octanol–water partition coefficient (Wildman–Crippen LogP) is 4.61. The molecule has 0 amide bonds. The Morgan fingerprint density at radius 1 is 1.00 bits per heavy atom. The highest BCUT2D eigenvalue weighted by Crippen LogP contribution is 2.47. The van der Waals surface area contributed by atoms with Crippen LogP contribution in [-0.2, 0) is 0 Å². The van der Waals surface area contributed by atoms with E-state index >= 15 is 0 Å². The van der Waals surface area contributed by atoms with Crippen LogP contribution in [0, 0.1) is 11.3 Å². The van der Waals surface area contributed by atoms with E-state index in [1.54, 1.807) is 0 Å². The Balaban J connectivity index is 0. The number of rotatable bonds is 1. The average molecular weight is 319 g/mol. The van der Waals surface area contributed by atoms with Gasteiger partial charge in [-0.3, -0.25) is 0 Å². The Morgan fingerprint density at radius 2 is 1.48 bits per heavy atom. The lowest BCUT2D eigenvalue weighted by Crippen LogP contribution is -2.59. The topological polar surface area (TPSA) is 15.3 Å². The van der Waals surface area contributed by atoms with Gasteiger partial charge in [-0.15, -0.1) is 0 Å². The van der Waals surface area contributed by atoms with Crippen molar-refractivity contribution < 1.29 is 0 Å². The summed E-state index contributed by atoms with van der Waals surface area (Å²) in [5.74, 6) is 0.973. The third kappa shape index (κ3) is 8.53. The van der Waals surface area contributed by atoms with Crippen molar-refractivity contribution >= 4 is 9.90 Å². The largest absolute Gasteiger partial charge is 0.317 e. The zero-order chi connectivity index (χ0) is 15.4. The Morgan fingerprint density at radius 3 is 1.71 bits per heavy atom. The van der Waals surface area contributed by atoms with Crippen LogP contribution in [0.4, 0.5) is 0 Å². The molecule has 1 atom stereocenters. The van der Waals surface area contributed by atoms with Crippen molar-refractivity contribution in [1.82, 2.24) is 10.2 Å². The van der Waals surface area contributed by atoms with Crippen LogP contribution in [0.1, 0.15) is 73.6 Å². The monoisotopic (exact) mass is 318 g/mol. The summed E-state index contributed by atoms with van der Waals surface area (Å²) < 4.78 is 0. The molecule has 3 aliphatic rings. The van der Waals surface area contributed by atoms with Gasteiger partial charge in [0.2, 0.25) is 0 Å². The van der Waals surface area contributed by atoms with E-state index in [2.05, 4.69) is 24.1 Å². The minimum absolute atomic E-state index is 0. The van der Waals surface area contributed by atoms with Crippen molar-refractivity contribution in [1.29, 1.82) is 0 Å². The van der Waals surface area contributed by atoms with Crippen LogP contribution in [0.5, 0.6) is 0 Å². The SMILES string of the molecule is CC.CC.CC1CCNCC1.CCN1CC2(CCC2)C1.P. The van der Waals surface area contributed by atoms with E-state index in [1.807, 2.05) is 27.7 Å². The molecule has 2 heterocycles. The first-order valence-corrected chi connectivity index (χ1v) is 9.17. The van der Waals surface area contributed by atoms with Gasteiger partial charge in [-0.25, -0.2) is 0 Å². The first-order chi connectivity index (χ1) is 9.74. The number of hydrogen-bond donors (Lipinski definition) is 1. The zero-order valence-electron chi connectivity index (χ0n) is 15.8. The molecule has 0 aromatic carbocycles. The Labute approximate surface area is 138 Å². The van der Waals surface area contributed by atoms with Crippen LogP contribution in [0.15, 0.2) is 0 Å². The van der Waals surface area contributed by atoms with E-state index in [0.29, 0.717) is 0 Å². The fraction of sp³-hybridized carbons (Fsp3) is 1.00. The minimum atomic E-state index is 0. The molecule has 1 saturated carbocycles. The van der Waals surface area contributed by atoms with E-state index in [4.69, 9.17) is 0 Å². The van der Waals surface area contributed by atoms with Crippen molar-refractivity contribution in [2.75, 3.05) is 32.7 Å². The summed E-state index contributed by atoms with van der Waals surface area (Å²) in [4.78, 5) is 2.54. The van der Waals surface area contributed by atoms with Crippen LogP contribution in [-0.4, -0.2) is 37.6 Å². The summed E-state index contributed by atoms with van der Waals surface area (Å²) in [5, 5.41) is 3.32. The molecular formula is C18H43N2P. The molecule has 3 heteroatoms. The first kappa shape index (κ1) is 23.6. The maximum atomic E-state index is 3.32. The molecule has 1 unspecified atom stereocenters. The van der Waals surface area contributed by atoms with E-state index < -0.39 is 0 Å². The maximum Gasteiger partial charge on any atom is 0.00504 e. The summed E-state index contributed by atoms with van der Waals surface area (Å²) in [7, 11) is 0. The van der Waals surface area contributed by atoms with Gasteiger partial charge >= 0.3 is 0 Å². The second-order valence-corrected chi connectivity index (χ2v) is 6.09. The molecule has 0 bridgehead atoms. The number of nitrogens with zero attached hydrogens (tertiary/aromatic N) is 1. The van der Waals surface area contributed by atoms with Gasteiger partial charge < -0.3 is 10.2 Å². The number of piperidine rings is 1. The van der Waals surface area contributed by atoms with Crippen molar-refractivity contribution in [3.63, 3.8) is 0 Å². The molecule has 2 nitrogen and oxygen atoms in total. The van der Waals surface area contributed by atoms with Gasteiger partial charge in [0.25, 0.3) is 0 Å². The van der Waals surface area contributed by atoms with Crippen molar-refractivity contribution in [2.45, 2.75) is 73.6 Å². The van der Waals surface area contributed by atoms with Crippen molar-refractivity contribution in [3.8, 4) is 0 Å². The van der Waals surface area contributed by atoms with Gasteiger partial charge in [0.15, 0.2) is 0 Å². The molecular weight excluding hydrogens is 275 g/mol. The highest BCUT2D eigenvalue weighted by Gasteiger charge is 2.46. The molecule has 3 rings (SSSR count). The summed E-state index contributed by atoms with van der Waals surface area (Å²) in [6.45, 7) is 19.1. The zero-order valence-corrected chi connectivity index (χ0v) is 17.2. The second-order valence-electron chi connectivity index (χ2n) is 6.09. The summed E-state index contributed by atoms with van der Waals surface area (Å²) in [6, 6.07) is 0. The third-order valence-corrected chi connectivity index (χ3v) is 4.61. The summed E-state index contributed by atoms with van der Waals surface area (Å²) >= 11 is 0. The van der Waals surface area contributed by atoms with Gasteiger partial charge in [-0.1, -0.05) is 48.0 Å². The lowest BCUT2D eigenvalue weighted by atomic mass is 9.64. The van der Waals surface area contributed by atoms with Crippen LogP contribution in [0.3, 0.4) is 0 Å². The average Bonchev–Trinajstić information content (AvgIpc) is 2.42. The highest BCUT2D eigenvalue weighted by atomic mass is 31.0. The predicted molar refractivity (Wildman–Crippen MR) is 103 cm³/mol. The highest BCUT2D eigenvalue weighted by molar-refractivity contribution is 6.92. The fourth-order valence-electron chi connectivity index (χ4n) is 3.09. The Kier molecular flexibility index (Phi) is 15.7. The van der Waals surface area contributed by atoms with E-state index in [1.165, 1.54) is 64.8 Å². The number of nitrogens with one attached hydrogen (secondary N) is 1. The minimum Gasteiger partial charge on any atom is -0.317 e. The Hall–Kier alpha value is 0.350. The quantitative estimate of drug-likeness (QED) is 0.710. The molecule has 1 aliphatic carbocycles. The molecule has 1 N–H and O–H groups in total. The number of likely N-dealkylation sites (tertiary alicyclic amines) is 1. The van der Waals surface area contributed by atoms with Gasteiger partial charge in [0.1, 0.15) is 0 Å². The smallest absolute Gasteiger partial charge is 0.00504 e. The lowest BCUT2D eigenvalue weighted by Gasteiger charge is -2.56. The Bertz CT molecular complexity index is 203. The second kappa shape index (κ2) is 14.0. The molecule has 1 spiro atoms. The van der Waals surface area contributed by atoms with Gasteiger partial charge in [0.05, 0.1) is 0 Å². The fourth-order valence-corrected chi connectivity index (χ4v) is 3.09. The van der Waals surface area contributed by atoms with Crippen molar-refractivity contribution in [3.05, 3.63) is 0 Å². The molecule has 3 fully saturated rings. The van der Waals surface area contributed by atoms with Gasteiger partial charge in [-0.05, 0) is 56.7 Å². The van der Waals surface area contributed by atoms with E-state index in [-0.39, 0.29) is 9.90 Å². The van der Waals surface area contributed by atoms with Gasteiger partial charge in [-0.2, -0.15) is 9.90 Å². The molecule has 130 valence electrons. The molecule has 0 radical (unpaired) electrons. The summed E-state index contributed by atoms with van der Waals surface area (Å²) in [6.07, 6.45) is 7.28. The van der Waals surface area contributed by atoms with Crippen molar-refractivity contribution in [2.24, 2.45) is 11.3 Å². The van der Waals surface area contributed by atoms with E-state index in [9.17, 15) is 0 Å². The first-order valence-electron chi connectivity index (χ1n) is 9.17. The molecule has 0 aromatic rings. The number of hydrogen-bond acceptors (Lipinski definition) is 2. The normalized spacial score (nSPS) is 22.6. The maximum absolute atomic E-state index is 3.32. The van der Waals surface area contributed by atoms with E-state index in [0.717, 1.165) is 11.3 Å². The lowest BCUT2D eigenvalue weighted by molar-refractivity contribution is -0.0564. The molecule has 2 aliphatic heterocycles. The molecule has 2 saturated heterocycles.